The molecule has 0 unspecified atom stereocenters. The molecule has 1 aromatic carbocycles. The van der Waals surface area contributed by atoms with Gasteiger partial charge in [0, 0.05) is 24.6 Å². The molecule has 5 heteroatoms. The first-order chi connectivity index (χ1) is 8.50. The Morgan fingerprint density at radius 3 is 2.72 bits per heavy atom. The molecule has 0 N–H and O–H groups in total. The minimum Gasteiger partial charge on any atom is -0.441 e. The molecule has 98 valence electrons. The number of hydrogen-bond acceptors (Lipinski definition) is 2. The average Bonchev–Trinajstić information content (AvgIpc) is 2.32. The van der Waals surface area contributed by atoms with Gasteiger partial charge in [-0.15, -0.1) is 0 Å². The monoisotopic (exact) mass is 287 g/mol. The SMILES string of the molecule is CC(C)N1CC[C@@H](c2cccc(Cl)c2Cl)OC1=O. The van der Waals surface area contributed by atoms with E-state index in [9.17, 15) is 4.79 Å². The summed E-state index contributed by atoms with van der Waals surface area (Å²) in [6, 6.07) is 5.52. The van der Waals surface area contributed by atoms with Crippen molar-refractivity contribution in [2.24, 2.45) is 0 Å². The summed E-state index contributed by atoms with van der Waals surface area (Å²) in [6.45, 7) is 4.60. The van der Waals surface area contributed by atoms with Gasteiger partial charge in [0.2, 0.25) is 0 Å². The van der Waals surface area contributed by atoms with Crippen LogP contribution in [0.15, 0.2) is 18.2 Å². The van der Waals surface area contributed by atoms with E-state index in [1.54, 1.807) is 11.0 Å². The molecule has 0 radical (unpaired) electrons. The van der Waals surface area contributed by atoms with Crippen molar-refractivity contribution in [3.63, 3.8) is 0 Å². The number of amides is 1. The van der Waals surface area contributed by atoms with Gasteiger partial charge in [-0.2, -0.15) is 0 Å². The molecular weight excluding hydrogens is 273 g/mol. The molecule has 1 amide bonds. The van der Waals surface area contributed by atoms with E-state index in [1.807, 2.05) is 26.0 Å². The van der Waals surface area contributed by atoms with E-state index in [4.69, 9.17) is 27.9 Å². The third-order valence-electron chi connectivity index (χ3n) is 3.06. The van der Waals surface area contributed by atoms with E-state index in [0.717, 1.165) is 12.0 Å². The fourth-order valence-electron chi connectivity index (χ4n) is 2.05. The zero-order chi connectivity index (χ0) is 13.3. The fourth-order valence-corrected chi connectivity index (χ4v) is 2.48. The van der Waals surface area contributed by atoms with Crippen LogP contribution in [0.2, 0.25) is 10.0 Å². The molecule has 2 rings (SSSR count). The van der Waals surface area contributed by atoms with Gasteiger partial charge in [0.15, 0.2) is 0 Å². The summed E-state index contributed by atoms with van der Waals surface area (Å²) in [5.74, 6) is 0. The van der Waals surface area contributed by atoms with Gasteiger partial charge in [-0.3, -0.25) is 0 Å². The molecule has 0 aromatic heterocycles. The smallest absolute Gasteiger partial charge is 0.410 e. The molecule has 1 fully saturated rings. The molecule has 0 spiro atoms. The van der Waals surface area contributed by atoms with Gasteiger partial charge < -0.3 is 9.64 Å². The summed E-state index contributed by atoms with van der Waals surface area (Å²) in [5.41, 5.74) is 0.779. The van der Waals surface area contributed by atoms with Crippen LogP contribution in [0.5, 0.6) is 0 Å². The van der Waals surface area contributed by atoms with Crippen LogP contribution in [-0.4, -0.2) is 23.6 Å². The van der Waals surface area contributed by atoms with Crippen LogP contribution in [0.3, 0.4) is 0 Å². The Bertz CT molecular complexity index is 462. The third-order valence-corrected chi connectivity index (χ3v) is 3.89. The van der Waals surface area contributed by atoms with Gasteiger partial charge in [-0.25, -0.2) is 4.79 Å². The first-order valence-electron chi connectivity index (χ1n) is 5.92. The molecule has 1 heterocycles. The van der Waals surface area contributed by atoms with Crippen LogP contribution in [0, 0.1) is 0 Å². The van der Waals surface area contributed by atoms with Crippen molar-refractivity contribution in [2.75, 3.05) is 6.54 Å². The van der Waals surface area contributed by atoms with Crippen LogP contribution in [0.1, 0.15) is 31.9 Å². The predicted octanol–water partition coefficient (Wildman–Crippen LogP) is 4.29. The Hall–Kier alpha value is -0.930. The largest absolute Gasteiger partial charge is 0.441 e. The highest BCUT2D eigenvalue weighted by atomic mass is 35.5. The summed E-state index contributed by atoms with van der Waals surface area (Å²) in [5, 5.41) is 0.950. The lowest BCUT2D eigenvalue weighted by Gasteiger charge is -2.34. The Morgan fingerprint density at radius 1 is 1.39 bits per heavy atom. The van der Waals surface area contributed by atoms with E-state index in [-0.39, 0.29) is 18.2 Å². The molecular formula is C13H15Cl2NO2. The van der Waals surface area contributed by atoms with Crippen LogP contribution in [0.4, 0.5) is 4.79 Å². The second kappa shape index (κ2) is 5.37. The first kappa shape index (κ1) is 13.5. The molecule has 3 nitrogen and oxygen atoms in total. The Kier molecular flexibility index (Phi) is 4.03. The normalized spacial score (nSPS) is 20.2. The van der Waals surface area contributed by atoms with Crippen molar-refractivity contribution < 1.29 is 9.53 Å². The highest BCUT2D eigenvalue weighted by Crippen LogP contribution is 2.35. The average molecular weight is 288 g/mol. The Labute approximate surface area is 117 Å². The summed E-state index contributed by atoms with van der Waals surface area (Å²) >= 11 is 12.1. The molecule has 18 heavy (non-hydrogen) atoms. The lowest BCUT2D eigenvalue weighted by atomic mass is 10.0. The second-order valence-electron chi connectivity index (χ2n) is 4.59. The first-order valence-corrected chi connectivity index (χ1v) is 6.67. The number of benzene rings is 1. The second-order valence-corrected chi connectivity index (χ2v) is 5.38. The predicted molar refractivity (Wildman–Crippen MR) is 72.1 cm³/mol. The van der Waals surface area contributed by atoms with Crippen LogP contribution >= 0.6 is 23.2 Å². The highest BCUT2D eigenvalue weighted by Gasteiger charge is 2.30. The van der Waals surface area contributed by atoms with Crippen LogP contribution < -0.4 is 0 Å². The number of halogens is 2. The van der Waals surface area contributed by atoms with Crippen molar-refractivity contribution in [3.05, 3.63) is 33.8 Å². The summed E-state index contributed by atoms with van der Waals surface area (Å²) in [6.07, 6.45) is 0.125. The van der Waals surface area contributed by atoms with Crippen LogP contribution in [-0.2, 0) is 4.74 Å². The van der Waals surface area contributed by atoms with Crippen molar-refractivity contribution in [3.8, 4) is 0 Å². The van der Waals surface area contributed by atoms with E-state index < -0.39 is 0 Å². The van der Waals surface area contributed by atoms with Crippen LogP contribution in [0.25, 0.3) is 0 Å². The molecule has 1 saturated heterocycles. The van der Waals surface area contributed by atoms with Crippen molar-refractivity contribution in [2.45, 2.75) is 32.4 Å². The molecule has 0 bridgehead atoms. The molecule has 0 saturated carbocycles. The number of carbonyl (C=O) groups is 1. The lowest BCUT2D eigenvalue weighted by molar-refractivity contribution is 0.0150. The van der Waals surface area contributed by atoms with E-state index in [2.05, 4.69) is 0 Å². The maximum atomic E-state index is 11.8. The maximum Gasteiger partial charge on any atom is 0.410 e. The molecule has 1 aromatic rings. The lowest BCUT2D eigenvalue weighted by Crippen LogP contribution is -2.43. The fraction of sp³-hybridized carbons (Fsp3) is 0.462. The summed E-state index contributed by atoms with van der Waals surface area (Å²) in [4.78, 5) is 13.5. The third kappa shape index (κ3) is 2.57. The minimum atomic E-state index is -0.307. The zero-order valence-electron chi connectivity index (χ0n) is 10.3. The Balaban J connectivity index is 2.18. The van der Waals surface area contributed by atoms with Crippen molar-refractivity contribution >= 4 is 29.3 Å². The maximum absolute atomic E-state index is 11.8. The molecule has 1 aliphatic rings. The number of carbonyl (C=O) groups excluding carboxylic acids is 1. The topological polar surface area (TPSA) is 29.5 Å². The summed E-state index contributed by atoms with van der Waals surface area (Å²) < 4.78 is 5.43. The minimum absolute atomic E-state index is 0.147. The standard InChI is InChI=1S/C13H15Cl2NO2/c1-8(2)16-7-6-11(18-13(16)17)9-4-3-5-10(14)12(9)15/h3-5,8,11H,6-7H2,1-2H3/t11-/m0/s1. The Morgan fingerprint density at radius 2 is 2.11 bits per heavy atom. The van der Waals surface area contributed by atoms with Gasteiger partial charge in [0.05, 0.1) is 10.0 Å². The molecule has 0 aliphatic carbocycles. The van der Waals surface area contributed by atoms with Crippen molar-refractivity contribution in [1.82, 2.24) is 4.90 Å². The van der Waals surface area contributed by atoms with E-state index >= 15 is 0 Å². The van der Waals surface area contributed by atoms with E-state index in [1.165, 1.54) is 0 Å². The number of nitrogens with zero attached hydrogens (tertiary/aromatic N) is 1. The van der Waals surface area contributed by atoms with E-state index in [0.29, 0.717) is 16.6 Å². The van der Waals surface area contributed by atoms with Gasteiger partial charge in [0.1, 0.15) is 6.10 Å². The highest BCUT2D eigenvalue weighted by molar-refractivity contribution is 6.42. The number of cyclic esters (lactones) is 1. The molecule has 1 aliphatic heterocycles. The summed E-state index contributed by atoms with van der Waals surface area (Å²) in [7, 11) is 0. The number of ether oxygens (including phenoxy) is 1. The van der Waals surface area contributed by atoms with Gasteiger partial charge >= 0.3 is 6.09 Å². The number of rotatable bonds is 2. The van der Waals surface area contributed by atoms with Gasteiger partial charge in [-0.1, -0.05) is 35.3 Å². The quantitative estimate of drug-likeness (QED) is 0.812. The number of hydrogen-bond donors (Lipinski definition) is 0. The van der Waals surface area contributed by atoms with Gasteiger partial charge in [-0.05, 0) is 19.9 Å². The molecule has 1 atom stereocenters. The van der Waals surface area contributed by atoms with Gasteiger partial charge in [0.25, 0.3) is 0 Å². The zero-order valence-corrected chi connectivity index (χ0v) is 11.8. The van der Waals surface area contributed by atoms with Crippen molar-refractivity contribution in [1.29, 1.82) is 0 Å².